The molecule has 1 unspecified atom stereocenters. The van der Waals surface area contributed by atoms with E-state index in [9.17, 15) is 32.2 Å². The zero-order chi connectivity index (χ0) is 99.5. The summed E-state index contributed by atoms with van der Waals surface area (Å²) in [5.41, 5.74) is 40.6. The quantitative estimate of drug-likeness (QED) is 0.0424. The van der Waals surface area contributed by atoms with Crippen molar-refractivity contribution >= 4 is 138 Å². The molecule has 0 bridgehead atoms. The summed E-state index contributed by atoms with van der Waals surface area (Å²) in [6, 6.07) is 6.27. The highest BCUT2D eigenvalue weighted by molar-refractivity contribution is 6.18. The fraction of sp³-hybridized carbons (Fsp3) is 0.278. The summed E-state index contributed by atoms with van der Waals surface area (Å²) in [5.74, 6) is 4.11. The number of hydrogen-bond acceptors (Lipinski definition) is 37. The minimum absolute atomic E-state index is 0.00712. The first-order valence-corrected chi connectivity index (χ1v) is 46.2. The first kappa shape index (κ1) is 91.1. The molecule has 0 radical (unpaired) electrons. The van der Waals surface area contributed by atoms with Crippen molar-refractivity contribution in [3.8, 4) is 58.8 Å². The Kier molecular flexibility index (Phi) is 22.4. The molecule has 10 atom stereocenters. The van der Waals surface area contributed by atoms with E-state index in [0.717, 1.165) is 72.5 Å². The van der Waals surface area contributed by atoms with Crippen LogP contribution in [0.5, 0.6) is 58.8 Å². The molecule has 1 saturated heterocycles. The number of hydrogen-bond donors (Lipinski definition) is 17. The van der Waals surface area contributed by atoms with Gasteiger partial charge in [-0.25, -0.2) is 71.8 Å². The maximum atomic E-state index is 14.9. The van der Waals surface area contributed by atoms with Crippen molar-refractivity contribution in [1.29, 1.82) is 0 Å². The van der Waals surface area contributed by atoms with Crippen LogP contribution in [0.4, 0.5) is 50.4 Å². The fourth-order valence-corrected chi connectivity index (χ4v) is 20.2. The number of aliphatic hydroxyl groups is 2. The molecule has 730 valence electrons. The van der Waals surface area contributed by atoms with Crippen LogP contribution in [0.2, 0.25) is 0 Å². The van der Waals surface area contributed by atoms with Gasteiger partial charge in [0.25, 0.3) is 0 Å². The highest BCUT2D eigenvalue weighted by atomic mass is 19.1. The Morgan fingerprint density at radius 2 is 0.632 bits per heavy atom. The minimum Gasteiger partial charge on any atom is -0.421 e. The highest BCUT2D eigenvalue weighted by Gasteiger charge is 2.53. The summed E-state index contributed by atoms with van der Waals surface area (Å²) < 4.78 is 103. The molecule has 16 heterocycles. The van der Waals surface area contributed by atoms with Crippen molar-refractivity contribution in [3.63, 3.8) is 0 Å². The average Bonchev–Trinajstić information content (AvgIpc) is 1.53. The van der Waals surface area contributed by atoms with E-state index in [-0.39, 0.29) is 96.2 Å². The van der Waals surface area contributed by atoms with Crippen LogP contribution in [0.1, 0.15) is 109 Å². The van der Waals surface area contributed by atoms with E-state index in [1.807, 2.05) is 6.92 Å². The summed E-state index contributed by atoms with van der Waals surface area (Å²) in [6.07, 6.45) is 15.8. The average molecular weight is 1950 g/mol. The third kappa shape index (κ3) is 15.8. The summed E-state index contributed by atoms with van der Waals surface area (Å²) in [4.78, 5) is 103. The third-order valence-corrected chi connectivity index (χ3v) is 27.2. The molecule has 47 heteroatoms. The van der Waals surface area contributed by atoms with Crippen molar-refractivity contribution < 1.29 is 55.8 Å². The van der Waals surface area contributed by atoms with E-state index in [2.05, 4.69) is 147 Å². The topological polar surface area (TPSA) is 600 Å². The first-order chi connectivity index (χ1) is 69.6. The fourth-order valence-electron chi connectivity index (χ4n) is 20.2. The van der Waals surface area contributed by atoms with Gasteiger partial charge in [-0.1, -0.05) is 0 Å². The molecule has 144 heavy (non-hydrogen) atoms. The molecule has 7 aliphatic rings. The van der Waals surface area contributed by atoms with Crippen LogP contribution >= 0.6 is 0 Å². The maximum Gasteiger partial charge on any atom is 0.324 e. The summed E-state index contributed by atoms with van der Waals surface area (Å²) >= 11 is 0. The van der Waals surface area contributed by atoms with E-state index >= 15 is 0 Å². The molecule has 1 saturated carbocycles. The molecule has 6 aliphatic carbocycles. The monoisotopic (exact) mass is 1950 g/mol. The summed E-state index contributed by atoms with van der Waals surface area (Å²) in [6.45, 7) is 9.73. The van der Waals surface area contributed by atoms with Crippen molar-refractivity contribution in [2.75, 3.05) is 68.4 Å². The lowest BCUT2D eigenvalue weighted by molar-refractivity contribution is 0.143. The zero-order valence-electron chi connectivity index (χ0n) is 78.5. The number of aromatic amines is 5. The van der Waals surface area contributed by atoms with E-state index < -0.39 is 35.9 Å². The van der Waals surface area contributed by atoms with Crippen molar-refractivity contribution in [2.45, 2.75) is 127 Å². The van der Waals surface area contributed by atoms with Gasteiger partial charge >= 0.3 is 30.1 Å². The van der Waals surface area contributed by atoms with Crippen LogP contribution in [0.15, 0.2) is 92.3 Å². The number of anilines is 5. The predicted molar refractivity (Wildman–Crippen MR) is 524 cm³/mol. The number of H-pyrrole nitrogens is 5. The SMILES string of the molecule is CNc1cc(F)c2c3c1[nH]c1nc(Oc4cnc(C)nc4)nc(c13)C1[C@@H](N)[C@@H]1C2.CNc1cc(F)c2c3c1[nH]c1nc(Oc4cnc(C)nc4)nc(c13)C[C@@H](N)C2.CNc1cc(F)c2c3c1[nH]c1nc(Oc4cnc(C)nc4)nc(c13)[C@@H](N)[C@@H](O)C2.CNc1cc(F)c2c3c1[nH]c1nc(Oc4cnc(C)nc4)nc(c13)[C@@H](O)[C@@H](N)C2.CNc1cc(F)c2c3c1[nH]c1nc(Oc4cnc(C)nc4)nc(c13)[C@H]1CN[C@@H]1C2. The Balaban J connectivity index is 0.0000000997. The zero-order valence-corrected chi connectivity index (χ0v) is 78.5. The number of fused-ring (bicyclic) bond motifs is 4. The molecule has 20 aromatic rings. The smallest absolute Gasteiger partial charge is 0.324 e. The number of aryl methyl sites for hydroxylation is 5. The molecular weight excluding hydrogens is 1860 g/mol. The number of halogens is 5. The van der Waals surface area contributed by atoms with Crippen LogP contribution in [-0.4, -0.2) is 207 Å². The van der Waals surface area contributed by atoms with Gasteiger partial charge in [-0.15, -0.1) is 0 Å². The number of benzene rings is 5. The number of ether oxygens (including phenoxy) is 5. The second-order valence-electron chi connectivity index (χ2n) is 36.1. The normalized spacial score (nSPS) is 18.9. The lowest BCUT2D eigenvalue weighted by atomic mass is 9.85. The number of nitrogens with one attached hydrogen (secondary N) is 11. The van der Waals surface area contributed by atoms with Gasteiger partial charge < -0.3 is 114 Å². The van der Waals surface area contributed by atoms with Gasteiger partial charge in [0.15, 0.2) is 28.7 Å². The van der Waals surface area contributed by atoms with E-state index in [1.165, 1.54) is 49.1 Å². The van der Waals surface area contributed by atoms with Crippen LogP contribution in [0.3, 0.4) is 0 Å². The van der Waals surface area contributed by atoms with Gasteiger partial charge in [0.2, 0.25) is 0 Å². The Bertz CT molecular complexity index is 7970. The predicted octanol–water partition coefficient (Wildman–Crippen LogP) is 12.4. The van der Waals surface area contributed by atoms with E-state index in [4.69, 9.17) is 56.6 Å². The molecule has 0 spiro atoms. The Hall–Kier alpha value is -16.7. The maximum absolute atomic E-state index is 14.9. The van der Waals surface area contributed by atoms with Crippen LogP contribution in [0.25, 0.3) is 110 Å². The Morgan fingerprint density at radius 1 is 0.333 bits per heavy atom. The Morgan fingerprint density at radius 3 is 1.00 bits per heavy atom. The molecular formula is C97H90F5N35O7. The molecule has 1 aliphatic heterocycles. The summed E-state index contributed by atoms with van der Waals surface area (Å²) in [7, 11) is 8.72. The third-order valence-electron chi connectivity index (χ3n) is 27.2. The molecule has 21 N–H and O–H groups in total. The number of nitrogens with two attached hydrogens (primary N) is 4. The lowest BCUT2D eigenvalue weighted by Gasteiger charge is -2.37. The van der Waals surface area contributed by atoms with Crippen LogP contribution in [0, 0.1) is 69.6 Å². The second kappa shape index (κ2) is 35.5. The van der Waals surface area contributed by atoms with Gasteiger partial charge in [0.05, 0.1) is 169 Å². The number of nitrogens with zero attached hydrogens (tertiary/aromatic N) is 20. The lowest BCUT2D eigenvalue weighted by Crippen LogP contribution is -2.52. The first-order valence-electron chi connectivity index (χ1n) is 46.2. The molecule has 15 aromatic heterocycles. The Labute approximate surface area is 810 Å². The van der Waals surface area contributed by atoms with Gasteiger partial charge in [-0.2, -0.15) is 49.8 Å². The van der Waals surface area contributed by atoms with Crippen LogP contribution in [-0.2, 0) is 38.5 Å². The van der Waals surface area contributed by atoms with Crippen molar-refractivity contribution in [2.24, 2.45) is 28.9 Å². The standard InChI is InChI=1S/2C20H18FN7O.2C19H18FN7O2.C19H18FN7O/c1-8-23-5-9(6-24-8)29-20-27-17-11-7-25-13(11)3-10-12(21)4-14(22-2)18-15(10)16(17)19(26-18)28-20;1-7-24-5-8(6-25-7)29-20-27-18-14-10(16(14)22)3-9-11(21)4-12(23-2)17-13(9)15(18)19(26-17)28-20;1-7-23-5-8(6-24-7)29-19-26-17-14-13-9(3-12(28)15(17)21)10(20)4-11(22-2)16(13)25-18(14)27-19;1-7-23-5-8(6-24-7)29-19-26-16-14-13-9(3-11(21)17(16)28)10(20)4-12(22-2)15(13)25-18(14)27-19;1-8-23-6-10(7-24-8)28-19-25-13-4-9(21)3-11-12(20)5-14(22-2)17-15(11)16(13)18(26-17)27-19/h4-6,11,13,22,25H,3,7H2,1-2H3,(H,26,27,28);4-6,10,14,16,23H,3,22H2,1-2H3,(H,26,27,28);4-6,12,15,22,28H,3,21H2,1-2H3,(H,25,26,27);4-6,11,17,22,28H,3,21H2,1-2H3,(H,25,26,27);5-7,9,22H,3-4,21H2,1-2H3,(H,25,26,27)/t11-,13+;10-,14?,16+;12-,15-;11-,17-;9-/m01000/s1. The van der Waals surface area contributed by atoms with Gasteiger partial charge in [-0.3, -0.25) is 0 Å². The van der Waals surface area contributed by atoms with E-state index in [0.29, 0.717) is 212 Å². The summed E-state index contributed by atoms with van der Waals surface area (Å²) in [5, 5.41) is 47.3. The molecule has 42 nitrogen and oxygen atoms in total. The van der Waals surface area contributed by atoms with Gasteiger partial charge in [-0.05, 0) is 119 Å². The van der Waals surface area contributed by atoms with Crippen molar-refractivity contribution in [3.05, 3.63) is 207 Å². The van der Waals surface area contributed by atoms with Crippen LogP contribution < -0.4 is 78.5 Å². The molecule has 5 aromatic carbocycles. The second-order valence-corrected chi connectivity index (χ2v) is 36.1. The number of rotatable bonds is 15. The van der Waals surface area contributed by atoms with Gasteiger partial charge in [0, 0.05) is 139 Å². The van der Waals surface area contributed by atoms with E-state index in [1.54, 1.807) is 106 Å². The number of aliphatic hydroxyl groups excluding tert-OH is 2. The molecule has 27 rings (SSSR count). The molecule has 2 fully saturated rings. The highest BCUT2D eigenvalue weighted by Crippen LogP contribution is 2.56. The number of aromatic nitrogens is 25. The minimum atomic E-state index is -1.11. The van der Waals surface area contributed by atoms with Gasteiger partial charge in [0.1, 0.15) is 92.5 Å². The van der Waals surface area contributed by atoms with Crippen molar-refractivity contribution in [1.82, 2.24) is 130 Å². The largest absolute Gasteiger partial charge is 0.421 e. The molecule has 0 amide bonds.